The number of piperidine rings is 1. The van der Waals surface area contributed by atoms with Gasteiger partial charge in [-0.15, -0.1) is 0 Å². The van der Waals surface area contributed by atoms with Crippen LogP contribution >= 0.6 is 0 Å². The Morgan fingerprint density at radius 1 is 1.27 bits per heavy atom. The molecule has 0 radical (unpaired) electrons. The van der Waals surface area contributed by atoms with Gasteiger partial charge in [0.05, 0.1) is 6.04 Å². The highest BCUT2D eigenvalue weighted by atomic mass is 19.1. The van der Waals surface area contributed by atoms with E-state index in [1.54, 1.807) is 29.1 Å². The van der Waals surface area contributed by atoms with Crippen LogP contribution in [0.3, 0.4) is 0 Å². The van der Waals surface area contributed by atoms with Crippen LogP contribution in [0.1, 0.15) is 69.7 Å². The highest BCUT2D eigenvalue weighted by molar-refractivity contribution is 5.69. The standard InChI is InChI=1S/C25H32FN5O2/c1-25(2,3)31(21-5-4-11-28-16-21)24(32)33-23-14-18(17-6-8-19(26)9-7-17)13-22(23)30-12-10-20(15-27)29-30/h6-10,12,18,21-23,28H,4-5,11,13-14,16H2,1-3H3. The summed E-state index contributed by atoms with van der Waals surface area (Å²) in [4.78, 5) is 15.4. The number of hydrogen-bond acceptors (Lipinski definition) is 5. The second-order valence-electron chi connectivity index (χ2n) is 10.0. The normalized spacial score (nSPS) is 25.4. The van der Waals surface area contributed by atoms with E-state index in [0.717, 1.165) is 31.5 Å². The first kappa shape index (κ1) is 23.2. The van der Waals surface area contributed by atoms with E-state index in [2.05, 4.69) is 16.5 Å². The Bertz CT molecular complexity index is 1000. The van der Waals surface area contributed by atoms with Gasteiger partial charge in [-0.05, 0) is 82.7 Å². The lowest BCUT2D eigenvalue weighted by Gasteiger charge is -2.43. The van der Waals surface area contributed by atoms with Gasteiger partial charge in [0.25, 0.3) is 0 Å². The lowest BCUT2D eigenvalue weighted by atomic mass is 9.97. The molecule has 1 aromatic heterocycles. The van der Waals surface area contributed by atoms with Crippen LogP contribution in [0, 0.1) is 17.1 Å². The van der Waals surface area contributed by atoms with Gasteiger partial charge in [-0.2, -0.15) is 10.4 Å². The minimum atomic E-state index is -0.402. The topological polar surface area (TPSA) is 83.2 Å². The largest absolute Gasteiger partial charge is 0.444 e. The summed E-state index contributed by atoms with van der Waals surface area (Å²) in [6.07, 6.45) is 4.31. The Hall–Kier alpha value is -2.92. The summed E-state index contributed by atoms with van der Waals surface area (Å²) < 4.78 is 21.4. The molecule has 7 nitrogen and oxygen atoms in total. The number of nitrogens with zero attached hydrogens (tertiary/aromatic N) is 4. The maximum Gasteiger partial charge on any atom is 0.410 e. The molecule has 4 atom stereocenters. The quantitative estimate of drug-likeness (QED) is 0.743. The van der Waals surface area contributed by atoms with E-state index in [-0.39, 0.29) is 35.5 Å². The lowest BCUT2D eigenvalue weighted by Crippen LogP contribution is -2.57. The van der Waals surface area contributed by atoms with Crippen molar-refractivity contribution in [3.63, 3.8) is 0 Å². The number of rotatable bonds is 4. The molecule has 1 N–H and O–H groups in total. The predicted octanol–water partition coefficient (Wildman–Crippen LogP) is 4.37. The number of aromatic nitrogens is 2. The molecule has 33 heavy (non-hydrogen) atoms. The summed E-state index contributed by atoms with van der Waals surface area (Å²) in [7, 11) is 0. The average Bonchev–Trinajstić information content (AvgIpc) is 3.41. The van der Waals surface area contributed by atoms with Crippen molar-refractivity contribution in [1.29, 1.82) is 5.26 Å². The zero-order chi connectivity index (χ0) is 23.6. The number of carbonyl (C=O) groups excluding carboxylic acids is 1. The molecule has 176 valence electrons. The minimum absolute atomic E-state index is 0.0777. The van der Waals surface area contributed by atoms with Crippen LogP contribution in [-0.2, 0) is 4.74 Å². The van der Waals surface area contributed by atoms with Crippen molar-refractivity contribution in [3.05, 3.63) is 53.6 Å². The van der Waals surface area contributed by atoms with Crippen molar-refractivity contribution in [2.75, 3.05) is 13.1 Å². The first-order valence-corrected chi connectivity index (χ1v) is 11.7. The molecular formula is C25H32FN5O2. The van der Waals surface area contributed by atoms with Gasteiger partial charge in [0.2, 0.25) is 0 Å². The number of halogens is 1. The van der Waals surface area contributed by atoms with E-state index in [1.165, 1.54) is 12.1 Å². The summed E-state index contributed by atoms with van der Waals surface area (Å²) in [6, 6.07) is 10.1. The number of carbonyl (C=O) groups is 1. The van der Waals surface area contributed by atoms with Gasteiger partial charge in [0.1, 0.15) is 18.0 Å². The molecule has 8 heteroatoms. The number of amides is 1. The van der Waals surface area contributed by atoms with Gasteiger partial charge in [-0.25, -0.2) is 9.18 Å². The first-order chi connectivity index (χ1) is 15.8. The van der Waals surface area contributed by atoms with Crippen molar-refractivity contribution in [2.45, 2.75) is 76.1 Å². The molecule has 1 aromatic carbocycles. The van der Waals surface area contributed by atoms with Crippen molar-refractivity contribution in [1.82, 2.24) is 20.0 Å². The van der Waals surface area contributed by atoms with Crippen LogP contribution < -0.4 is 5.32 Å². The number of hydrogen-bond donors (Lipinski definition) is 1. The Kier molecular flexibility index (Phi) is 6.71. The molecule has 2 heterocycles. The Labute approximate surface area is 194 Å². The highest BCUT2D eigenvalue weighted by Gasteiger charge is 2.42. The van der Waals surface area contributed by atoms with E-state index in [1.807, 2.05) is 25.7 Å². The predicted molar refractivity (Wildman–Crippen MR) is 122 cm³/mol. The molecule has 2 aliphatic rings. The number of nitrogens with one attached hydrogen (secondary N) is 1. The van der Waals surface area contributed by atoms with Crippen LogP contribution in [-0.4, -0.2) is 51.5 Å². The fourth-order valence-corrected chi connectivity index (χ4v) is 5.18. The molecule has 0 bridgehead atoms. The first-order valence-electron chi connectivity index (χ1n) is 11.7. The summed E-state index contributed by atoms with van der Waals surface area (Å²) in [6.45, 7) is 7.81. The Balaban J connectivity index is 1.58. The van der Waals surface area contributed by atoms with E-state index in [0.29, 0.717) is 18.5 Å². The molecule has 2 fully saturated rings. The fraction of sp³-hybridized carbons (Fsp3) is 0.560. The van der Waals surface area contributed by atoms with E-state index in [9.17, 15) is 14.4 Å². The Morgan fingerprint density at radius 2 is 2.03 bits per heavy atom. The van der Waals surface area contributed by atoms with Crippen LogP contribution in [0.4, 0.5) is 9.18 Å². The molecule has 1 saturated heterocycles. The van der Waals surface area contributed by atoms with Gasteiger partial charge in [-0.1, -0.05) is 12.1 Å². The maximum absolute atomic E-state index is 13.5. The van der Waals surface area contributed by atoms with Crippen molar-refractivity contribution in [3.8, 4) is 6.07 Å². The second kappa shape index (κ2) is 9.52. The third-order valence-electron chi connectivity index (χ3n) is 6.68. The molecule has 1 aliphatic heterocycles. The SMILES string of the molecule is CC(C)(C)N(C(=O)OC1CC(c2ccc(F)cc2)CC1n1ccc(C#N)n1)C1CCCNC1. The minimum Gasteiger partial charge on any atom is -0.444 e. The van der Waals surface area contributed by atoms with E-state index < -0.39 is 6.10 Å². The molecule has 1 saturated carbocycles. The number of nitriles is 1. The molecule has 1 amide bonds. The van der Waals surface area contributed by atoms with E-state index >= 15 is 0 Å². The van der Waals surface area contributed by atoms with Gasteiger partial charge < -0.3 is 10.1 Å². The van der Waals surface area contributed by atoms with Gasteiger partial charge in [-0.3, -0.25) is 9.58 Å². The summed E-state index contributed by atoms with van der Waals surface area (Å²) >= 11 is 0. The van der Waals surface area contributed by atoms with Crippen LogP contribution in [0.25, 0.3) is 0 Å². The fourth-order valence-electron chi connectivity index (χ4n) is 5.18. The van der Waals surface area contributed by atoms with Gasteiger partial charge in [0, 0.05) is 24.3 Å². The second-order valence-corrected chi connectivity index (χ2v) is 10.0. The van der Waals surface area contributed by atoms with Crippen LogP contribution in [0.2, 0.25) is 0 Å². The summed E-state index contributed by atoms with van der Waals surface area (Å²) in [5.74, 6) is -0.175. The zero-order valence-electron chi connectivity index (χ0n) is 19.5. The molecule has 1 aliphatic carbocycles. The molecule has 2 aromatic rings. The van der Waals surface area contributed by atoms with Crippen molar-refractivity contribution >= 4 is 6.09 Å². The third kappa shape index (κ3) is 5.19. The third-order valence-corrected chi connectivity index (χ3v) is 6.68. The van der Waals surface area contributed by atoms with Crippen molar-refractivity contribution in [2.24, 2.45) is 0 Å². The summed E-state index contributed by atoms with van der Waals surface area (Å²) in [5.41, 5.74) is 0.955. The maximum atomic E-state index is 13.5. The Morgan fingerprint density at radius 3 is 2.64 bits per heavy atom. The number of benzene rings is 1. The van der Waals surface area contributed by atoms with E-state index in [4.69, 9.17) is 4.74 Å². The van der Waals surface area contributed by atoms with Gasteiger partial charge in [0.15, 0.2) is 5.69 Å². The number of ether oxygens (including phenoxy) is 1. The summed E-state index contributed by atoms with van der Waals surface area (Å²) in [5, 5.41) is 17.0. The highest BCUT2D eigenvalue weighted by Crippen LogP contribution is 2.43. The van der Waals surface area contributed by atoms with Crippen molar-refractivity contribution < 1.29 is 13.9 Å². The average molecular weight is 454 g/mol. The van der Waals surface area contributed by atoms with Gasteiger partial charge >= 0.3 is 6.09 Å². The van der Waals surface area contributed by atoms with Crippen LogP contribution in [0.5, 0.6) is 0 Å². The molecule has 4 rings (SSSR count). The zero-order valence-corrected chi connectivity index (χ0v) is 19.5. The molecule has 4 unspecified atom stereocenters. The smallest absolute Gasteiger partial charge is 0.410 e. The lowest BCUT2D eigenvalue weighted by molar-refractivity contribution is 0.00421. The van der Waals surface area contributed by atoms with Crippen LogP contribution in [0.15, 0.2) is 36.5 Å². The monoisotopic (exact) mass is 453 g/mol. The molecular weight excluding hydrogens is 421 g/mol. The molecule has 0 spiro atoms.